The normalized spacial score (nSPS) is 25.3. The number of likely N-dealkylation sites (tertiary alicyclic amines) is 1. The van der Waals surface area contributed by atoms with Crippen LogP contribution in [0.2, 0.25) is 0 Å². The number of nitrogens with one attached hydrogen (secondary N) is 2. The lowest BCUT2D eigenvalue weighted by Crippen LogP contribution is -2.61. The van der Waals surface area contributed by atoms with Crippen LogP contribution in [0.5, 0.6) is 0 Å². The van der Waals surface area contributed by atoms with E-state index in [0.29, 0.717) is 37.0 Å². The molecular weight excluding hydrogens is 654 g/mol. The molecule has 6 atom stereocenters. The molecule has 0 unspecified atom stereocenters. The number of aliphatic hydroxyl groups excluding tert-OH is 1. The highest BCUT2D eigenvalue weighted by Crippen LogP contribution is 2.42. The van der Waals surface area contributed by atoms with Gasteiger partial charge in [0.25, 0.3) is 5.91 Å². The summed E-state index contributed by atoms with van der Waals surface area (Å²) in [5, 5.41) is 15.9. The van der Waals surface area contributed by atoms with E-state index in [-0.39, 0.29) is 47.9 Å². The van der Waals surface area contributed by atoms with Gasteiger partial charge in [-0.25, -0.2) is 4.98 Å². The minimum Gasteiger partial charge on any atom is -0.392 e. The maximum Gasteiger partial charge on any atom is 0.271 e. The Morgan fingerprint density at radius 2 is 1.58 bits per heavy atom. The Morgan fingerprint density at radius 3 is 2.33 bits per heavy atom. The molecule has 2 aliphatic heterocycles. The number of fused-ring (bicyclic) bond motifs is 2. The summed E-state index contributed by atoms with van der Waals surface area (Å²) >= 11 is 0. The highest BCUT2D eigenvalue weighted by atomic mass is 16.7. The third-order valence-corrected chi connectivity index (χ3v) is 10.7. The SMILES string of the molecule is CC(C)(C)NC(=O)[C@H]1CC[C@H]2CCCC[C@H]2N1C[C@H]1C[C@@H](c2ccc(CO)cc2)O[C@@H](c2ccc(CNC(=O)c3cnc4ccccc4n3)cc2)O1. The smallest absolute Gasteiger partial charge is 0.271 e. The third-order valence-electron chi connectivity index (χ3n) is 10.7. The number of piperidine rings is 1. The molecule has 0 spiro atoms. The molecule has 1 saturated carbocycles. The number of para-hydroxylation sites is 2. The lowest BCUT2D eigenvalue weighted by Gasteiger charge is -2.50. The zero-order chi connectivity index (χ0) is 36.2. The molecule has 1 aliphatic carbocycles. The Kier molecular flexibility index (Phi) is 11.0. The van der Waals surface area contributed by atoms with E-state index in [1.165, 1.54) is 25.5 Å². The molecule has 1 aromatic heterocycles. The maximum absolute atomic E-state index is 13.8. The Balaban J connectivity index is 1.08. The van der Waals surface area contributed by atoms with Crippen molar-refractivity contribution in [1.82, 2.24) is 25.5 Å². The van der Waals surface area contributed by atoms with Gasteiger partial charge in [0.05, 0.1) is 42.1 Å². The minimum atomic E-state index is -0.619. The van der Waals surface area contributed by atoms with Crippen LogP contribution in [0.1, 0.15) is 111 Å². The number of nitrogens with zero attached hydrogens (tertiary/aromatic N) is 3. The number of hydrogen-bond donors (Lipinski definition) is 3. The van der Waals surface area contributed by atoms with Gasteiger partial charge in [0.15, 0.2) is 6.29 Å². The fraction of sp³-hybridized carbons (Fsp3) is 0.476. The summed E-state index contributed by atoms with van der Waals surface area (Å²) in [6, 6.07) is 23.5. The van der Waals surface area contributed by atoms with Crippen molar-refractivity contribution in [3.05, 3.63) is 107 Å². The van der Waals surface area contributed by atoms with E-state index in [1.54, 1.807) is 0 Å². The van der Waals surface area contributed by atoms with E-state index in [2.05, 4.69) is 25.5 Å². The average Bonchev–Trinajstić information content (AvgIpc) is 3.16. The second kappa shape index (κ2) is 15.8. The molecule has 3 aromatic carbocycles. The van der Waals surface area contributed by atoms with E-state index >= 15 is 0 Å². The predicted molar refractivity (Wildman–Crippen MR) is 199 cm³/mol. The lowest BCUT2D eigenvalue weighted by atomic mass is 9.75. The second-order valence-electron chi connectivity index (χ2n) is 15.7. The summed E-state index contributed by atoms with van der Waals surface area (Å²) in [5.41, 5.74) is 5.08. The van der Waals surface area contributed by atoms with Gasteiger partial charge in [0.1, 0.15) is 5.69 Å². The quantitative estimate of drug-likeness (QED) is 0.180. The van der Waals surface area contributed by atoms with Crippen molar-refractivity contribution in [3.63, 3.8) is 0 Å². The average molecular weight is 706 g/mol. The van der Waals surface area contributed by atoms with Crippen LogP contribution in [-0.2, 0) is 27.4 Å². The zero-order valence-corrected chi connectivity index (χ0v) is 30.5. The summed E-state index contributed by atoms with van der Waals surface area (Å²) in [6.07, 6.45) is 7.84. The van der Waals surface area contributed by atoms with Crippen LogP contribution in [0, 0.1) is 5.92 Å². The van der Waals surface area contributed by atoms with Crippen molar-refractivity contribution < 1.29 is 24.2 Å². The van der Waals surface area contributed by atoms with Gasteiger partial charge in [0.2, 0.25) is 5.91 Å². The summed E-state index contributed by atoms with van der Waals surface area (Å²) in [4.78, 5) is 38.0. The number of hydrogen-bond acceptors (Lipinski definition) is 8. The van der Waals surface area contributed by atoms with Gasteiger partial charge in [-0.1, -0.05) is 73.5 Å². The number of carbonyl (C=O) groups is 2. The fourth-order valence-corrected chi connectivity index (χ4v) is 8.13. The fourth-order valence-electron chi connectivity index (χ4n) is 8.13. The first-order chi connectivity index (χ1) is 25.1. The Bertz CT molecular complexity index is 1840. The van der Waals surface area contributed by atoms with Crippen LogP contribution in [0.4, 0.5) is 0 Å². The first kappa shape index (κ1) is 36.2. The standard InChI is InChI=1S/C42H51N5O5/c1-42(2,3)46-40(50)37-21-20-29-8-4-7-11-36(29)47(37)25-32-22-38(30-16-14-28(26-48)15-17-30)52-41(51-32)31-18-12-27(13-19-31)23-44-39(49)35-24-43-33-9-5-6-10-34(33)45-35/h5-6,9-10,12-19,24,29,32,36-38,41,48H,4,7-8,11,20-23,25-26H2,1-3H3,(H,44,49)(H,46,50)/t29-,32-,36-,37-,38+,41+/m1/s1. The second-order valence-corrected chi connectivity index (χ2v) is 15.7. The van der Waals surface area contributed by atoms with Crippen molar-refractivity contribution >= 4 is 22.8 Å². The molecule has 2 saturated heterocycles. The van der Waals surface area contributed by atoms with Crippen LogP contribution in [0.3, 0.4) is 0 Å². The van der Waals surface area contributed by atoms with Gasteiger partial charge < -0.3 is 25.2 Å². The number of aromatic nitrogens is 2. The highest BCUT2D eigenvalue weighted by Gasteiger charge is 2.44. The third kappa shape index (κ3) is 8.52. The van der Waals surface area contributed by atoms with E-state index in [4.69, 9.17) is 9.47 Å². The number of rotatable bonds is 9. The van der Waals surface area contributed by atoms with Crippen LogP contribution in [0.15, 0.2) is 79.0 Å². The number of benzene rings is 3. The molecule has 274 valence electrons. The lowest BCUT2D eigenvalue weighted by molar-refractivity contribution is -0.255. The highest BCUT2D eigenvalue weighted by molar-refractivity contribution is 5.93. The summed E-state index contributed by atoms with van der Waals surface area (Å²) in [7, 11) is 0. The predicted octanol–water partition coefficient (Wildman–Crippen LogP) is 6.54. The molecule has 2 amide bonds. The van der Waals surface area contributed by atoms with Crippen molar-refractivity contribution in [3.8, 4) is 0 Å². The van der Waals surface area contributed by atoms with Gasteiger partial charge in [-0.3, -0.25) is 19.5 Å². The number of amides is 2. The monoisotopic (exact) mass is 705 g/mol. The Hall–Kier alpha value is -4.22. The van der Waals surface area contributed by atoms with E-state index in [9.17, 15) is 14.7 Å². The van der Waals surface area contributed by atoms with Crippen LogP contribution in [0.25, 0.3) is 11.0 Å². The Morgan fingerprint density at radius 1 is 0.865 bits per heavy atom. The Labute approximate surface area is 306 Å². The molecule has 0 bridgehead atoms. The van der Waals surface area contributed by atoms with Crippen LogP contribution in [-0.4, -0.2) is 62.1 Å². The van der Waals surface area contributed by atoms with Crippen LogP contribution >= 0.6 is 0 Å². The van der Waals surface area contributed by atoms with Gasteiger partial charge in [-0.15, -0.1) is 0 Å². The number of ether oxygens (including phenoxy) is 2. The van der Waals surface area contributed by atoms with Gasteiger partial charge in [-0.2, -0.15) is 0 Å². The molecule has 10 nitrogen and oxygen atoms in total. The molecule has 3 aliphatic rings. The molecular formula is C42H51N5O5. The van der Waals surface area contributed by atoms with Crippen molar-refractivity contribution in [2.45, 2.75) is 115 Å². The van der Waals surface area contributed by atoms with E-state index in [0.717, 1.165) is 47.0 Å². The van der Waals surface area contributed by atoms with E-state index < -0.39 is 6.29 Å². The van der Waals surface area contributed by atoms with Crippen molar-refractivity contribution in [2.75, 3.05) is 6.54 Å². The molecule has 3 heterocycles. The topological polar surface area (TPSA) is 126 Å². The number of carbonyl (C=O) groups excluding carboxylic acids is 2. The molecule has 0 radical (unpaired) electrons. The molecule has 10 heteroatoms. The first-order valence-corrected chi connectivity index (χ1v) is 18.8. The summed E-state index contributed by atoms with van der Waals surface area (Å²) in [5.74, 6) is 0.421. The van der Waals surface area contributed by atoms with Gasteiger partial charge >= 0.3 is 0 Å². The molecule has 4 aromatic rings. The zero-order valence-electron chi connectivity index (χ0n) is 30.5. The van der Waals surface area contributed by atoms with Crippen LogP contribution < -0.4 is 10.6 Å². The maximum atomic E-state index is 13.8. The summed E-state index contributed by atoms with van der Waals surface area (Å²) < 4.78 is 13.5. The molecule has 7 rings (SSSR count). The van der Waals surface area contributed by atoms with Crippen molar-refractivity contribution in [2.24, 2.45) is 5.92 Å². The summed E-state index contributed by atoms with van der Waals surface area (Å²) in [6.45, 7) is 7.09. The molecule has 3 fully saturated rings. The van der Waals surface area contributed by atoms with Crippen molar-refractivity contribution in [1.29, 1.82) is 0 Å². The molecule has 3 N–H and O–H groups in total. The van der Waals surface area contributed by atoms with Gasteiger partial charge in [0, 0.05) is 36.7 Å². The first-order valence-electron chi connectivity index (χ1n) is 18.8. The minimum absolute atomic E-state index is 0.0157. The number of aliphatic hydroxyl groups is 1. The molecule has 52 heavy (non-hydrogen) atoms. The largest absolute Gasteiger partial charge is 0.392 e. The van der Waals surface area contributed by atoms with E-state index in [1.807, 2.05) is 93.6 Å². The van der Waals surface area contributed by atoms with Gasteiger partial charge in [-0.05, 0) is 81.2 Å².